The molecule has 0 N–H and O–H groups in total. The van der Waals surface area contributed by atoms with Crippen molar-refractivity contribution < 1.29 is 28.6 Å². The first-order valence-corrected chi connectivity index (χ1v) is 32.4. The molecular formula is C69H122O6. The quantitative estimate of drug-likeness (QED) is 0.0261. The smallest absolute Gasteiger partial charge is 0.306 e. The van der Waals surface area contributed by atoms with Crippen molar-refractivity contribution in [1.82, 2.24) is 0 Å². The van der Waals surface area contributed by atoms with Crippen LogP contribution in [0.3, 0.4) is 0 Å². The monoisotopic (exact) mass is 1050 g/mol. The van der Waals surface area contributed by atoms with E-state index in [1.54, 1.807) is 0 Å². The van der Waals surface area contributed by atoms with Crippen molar-refractivity contribution in [1.29, 1.82) is 0 Å². The molecule has 1 unspecified atom stereocenters. The van der Waals surface area contributed by atoms with Crippen LogP contribution in [0, 0.1) is 0 Å². The number of rotatable bonds is 59. The highest BCUT2D eigenvalue weighted by Crippen LogP contribution is 2.17. The Bertz CT molecular complexity index is 1390. The predicted molar refractivity (Wildman–Crippen MR) is 325 cm³/mol. The molecule has 0 spiro atoms. The Morgan fingerprint density at radius 2 is 0.520 bits per heavy atom. The van der Waals surface area contributed by atoms with Crippen LogP contribution in [0.4, 0.5) is 0 Å². The highest BCUT2D eigenvalue weighted by Gasteiger charge is 2.19. The van der Waals surface area contributed by atoms with Crippen LogP contribution < -0.4 is 0 Å². The average molecular weight is 1050 g/mol. The van der Waals surface area contributed by atoms with E-state index in [1.165, 1.54) is 199 Å². The van der Waals surface area contributed by atoms with E-state index in [0.717, 1.165) is 89.9 Å². The van der Waals surface area contributed by atoms with Crippen molar-refractivity contribution >= 4 is 17.9 Å². The molecule has 1 atom stereocenters. The molecule has 0 aromatic carbocycles. The molecule has 0 amide bonds. The van der Waals surface area contributed by atoms with Crippen LogP contribution in [0.15, 0.2) is 72.9 Å². The number of hydrogen-bond acceptors (Lipinski definition) is 6. The van der Waals surface area contributed by atoms with Gasteiger partial charge in [0.05, 0.1) is 0 Å². The van der Waals surface area contributed by atoms with Gasteiger partial charge in [0.15, 0.2) is 6.10 Å². The number of ether oxygens (including phenoxy) is 3. The van der Waals surface area contributed by atoms with E-state index >= 15 is 0 Å². The number of carbonyl (C=O) groups excluding carboxylic acids is 3. The van der Waals surface area contributed by atoms with Gasteiger partial charge >= 0.3 is 17.9 Å². The van der Waals surface area contributed by atoms with E-state index < -0.39 is 6.10 Å². The zero-order chi connectivity index (χ0) is 54.3. The third-order valence-electron chi connectivity index (χ3n) is 14.2. The second-order valence-corrected chi connectivity index (χ2v) is 21.6. The topological polar surface area (TPSA) is 78.9 Å². The molecule has 0 rings (SSSR count). The molecule has 0 saturated carbocycles. The van der Waals surface area contributed by atoms with Crippen molar-refractivity contribution in [2.45, 2.75) is 335 Å². The molecule has 0 saturated heterocycles. The Kier molecular flexibility index (Phi) is 60.7. The van der Waals surface area contributed by atoms with Crippen LogP contribution in [0.5, 0.6) is 0 Å². The first kappa shape index (κ1) is 71.8. The fourth-order valence-electron chi connectivity index (χ4n) is 9.31. The van der Waals surface area contributed by atoms with Gasteiger partial charge in [-0.15, -0.1) is 0 Å². The summed E-state index contributed by atoms with van der Waals surface area (Å²) >= 11 is 0. The van der Waals surface area contributed by atoms with Gasteiger partial charge in [-0.05, 0) is 109 Å². The minimum Gasteiger partial charge on any atom is -0.462 e. The molecule has 0 bridgehead atoms. The summed E-state index contributed by atoms with van der Waals surface area (Å²) in [4.78, 5) is 38.3. The summed E-state index contributed by atoms with van der Waals surface area (Å²) in [6.07, 6.45) is 82.0. The normalized spacial score (nSPS) is 12.5. The van der Waals surface area contributed by atoms with Gasteiger partial charge in [0, 0.05) is 19.3 Å². The molecule has 0 aliphatic heterocycles. The molecule has 0 aromatic heterocycles. The van der Waals surface area contributed by atoms with Gasteiger partial charge in [-0.1, -0.05) is 273 Å². The summed E-state index contributed by atoms with van der Waals surface area (Å²) in [6, 6.07) is 0. The number of carbonyl (C=O) groups is 3. The number of esters is 3. The van der Waals surface area contributed by atoms with E-state index in [0.29, 0.717) is 19.3 Å². The first-order valence-electron chi connectivity index (χ1n) is 32.4. The highest BCUT2D eigenvalue weighted by molar-refractivity contribution is 5.71. The first-order chi connectivity index (χ1) is 37.0. The van der Waals surface area contributed by atoms with Gasteiger partial charge < -0.3 is 14.2 Å². The van der Waals surface area contributed by atoms with Gasteiger partial charge in [0.2, 0.25) is 0 Å². The molecule has 6 heteroatoms. The maximum Gasteiger partial charge on any atom is 0.306 e. The van der Waals surface area contributed by atoms with Gasteiger partial charge in [0.1, 0.15) is 13.2 Å². The summed E-state index contributed by atoms with van der Waals surface area (Å²) in [5, 5.41) is 0. The van der Waals surface area contributed by atoms with Crippen LogP contribution in [-0.2, 0) is 28.6 Å². The van der Waals surface area contributed by atoms with E-state index in [9.17, 15) is 14.4 Å². The SMILES string of the molecule is CC/C=C\C/C=C\C/C=C\CCCCCC(=O)OCC(COC(=O)CCCCCCCCCCCCCCC/C=C\C/C=C\CCCCCCC)OC(=O)CCCCCCCCCCC/C=C\CCCCCCCC. The summed E-state index contributed by atoms with van der Waals surface area (Å²) in [6.45, 7) is 6.52. The average Bonchev–Trinajstić information content (AvgIpc) is 3.41. The van der Waals surface area contributed by atoms with Crippen LogP contribution in [0.1, 0.15) is 329 Å². The molecule has 0 radical (unpaired) electrons. The second kappa shape index (κ2) is 63.4. The zero-order valence-corrected chi connectivity index (χ0v) is 49.8. The number of allylic oxidation sites excluding steroid dienone is 12. The van der Waals surface area contributed by atoms with Crippen molar-refractivity contribution in [2.24, 2.45) is 0 Å². The van der Waals surface area contributed by atoms with Crippen molar-refractivity contribution in [3.8, 4) is 0 Å². The number of unbranched alkanes of at least 4 members (excludes halogenated alkanes) is 36. The van der Waals surface area contributed by atoms with Crippen LogP contribution in [0.2, 0.25) is 0 Å². The molecule has 0 aliphatic carbocycles. The van der Waals surface area contributed by atoms with Gasteiger partial charge in [0.25, 0.3) is 0 Å². The molecule has 0 aliphatic rings. The highest BCUT2D eigenvalue weighted by atomic mass is 16.6. The zero-order valence-electron chi connectivity index (χ0n) is 49.8. The molecule has 75 heavy (non-hydrogen) atoms. The van der Waals surface area contributed by atoms with Crippen molar-refractivity contribution in [3.05, 3.63) is 72.9 Å². The van der Waals surface area contributed by atoms with Crippen LogP contribution in [-0.4, -0.2) is 37.2 Å². The third-order valence-corrected chi connectivity index (χ3v) is 14.2. The minimum absolute atomic E-state index is 0.0842. The molecule has 0 fully saturated rings. The molecule has 0 aromatic rings. The maximum absolute atomic E-state index is 12.9. The Hall–Kier alpha value is -3.15. The third kappa shape index (κ3) is 61.6. The Morgan fingerprint density at radius 3 is 0.840 bits per heavy atom. The lowest BCUT2D eigenvalue weighted by molar-refractivity contribution is -0.167. The second-order valence-electron chi connectivity index (χ2n) is 21.6. The molecular weight excluding hydrogens is 925 g/mol. The van der Waals surface area contributed by atoms with Crippen molar-refractivity contribution in [3.63, 3.8) is 0 Å². The van der Waals surface area contributed by atoms with E-state index in [-0.39, 0.29) is 31.1 Å². The summed E-state index contributed by atoms with van der Waals surface area (Å²) < 4.78 is 16.9. The van der Waals surface area contributed by atoms with Crippen LogP contribution >= 0.6 is 0 Å². The van der Waals surface area contributed by atoms with E-state index in [1.807, 2.05) is 0 Å². The van der Waals surface area contributed by atoms with E-state index in [4.69, 9.17) is 14.2 Å². The predicted octanol–water partition coefficient (Wildman–Crippen LogP) is 22.1. The summed E-state index contributed by atoms with van der Waals surface area (Å²) in [5.74, 6) is -0.903. The summed E-state index contributed by atoms with van der Waals surface area (Å²) in [5.41, 5.74) is 0. The van der Waals surface area contributed by atoms with Gasteiger partial charge in [-0.3, -0.25) is 14.4 Å². The fraction of sp³-hybridized carbons (Fsp3) is 0.783. The Morgan fingerprint density at radius 1 is 0.280 bits per heavy atom. The summed E-state index contributed by atoms with van der Waals surface area (Å²) in [7, 11) is 0. The Balaban J connectivity index is 4.30. The number of hydrogen-bond donors (Lipinski definition) is 0. The molecule has 6 nitrogen and oxygen atoms in total. The lowest BCUT2D eigenvalue weighted by atomic mass is 10.0. The van der Waals surface area contributed by atoms with Gasteiger partial charge in [-0.25, -0.2) is 0 Å². The standard InChI is InChI=1S/C69H122O6/c1-4-7-10-13-16-19-22-25-27-29-31-32-33-34-35-36-38-39-41-44-47-50-53-56-59-62-68(71)74-65-66(64-73-67(70)61-58-55-52-49-46-43-24-21-18-15-12-9-6-3)75-69(72)63-60-57-54-51-48-45-42-40-37-30-28-26-23-20-17-14-11-8-5-2/h9,12,18,21-22,25-26,28-29,31,43,46,66H,4-8,10-11,13-17,19-20,23-24,27,30,32-42,44-45,47-65H2,1-3H3/b12-9-,21-18-,25-22-,28-26-,31-29-,46-43-. The van der Waals surface area contributed by atoms with Crippen molar-refractivity contribution in [2.75, 3.05) is 13.2 Å². The fourth-order valence-corrected chi connectivity index (χ4v) is 9.31. The molecule has 0 heterocycles. The van der Waals surface area contributed by atoms with Gasteiger partial charge in [-0.2, -0.15) is 0 Å². The van der Waals surface area contributed by atoms with Crippen LogP contribution in [0.25, 0.3) is 0 Å². The molecule has 434 valence electrons. The lowest BCUT2D eigenvalue weighted by Crippen LogP contribution is -2.30. The Labute approximate surface area is 465 Å². The lowest BCUT2D eigenvalue weighted by Gasteiger charge is -2.18. The maximum atomic E-state index is 12.9. The largest absolute Gasteiger partial charge is 0.462 e. The minimum atomic E-state index is -0.789. The van der Waals surface area contributed by atoms with E-state index in [2.05, 4.69) is 93.7 Å².